The summed E-state index contributed by atoms with van der Waals surface area (Å²) in [4.78, 5) is 0. The molecule has 0 N–H and O–H groups in total. The number of aryl methyl sites for hydroxylation is 1. The SMILES string of the molecule is CC1CCC(CCc2ccc(C3CCC(C)OC3)cc2)CC1.[W]. The van der Waals surface area contributed by atoms with Gasteiger partial charge in [-0.1, -0.05) is 56.9 Å². The van der Waals surface area contributed by atoms with Crippen molar-refractivity contribution in [3.05, 3.63) is 35.4 Å². The van der Waals surface area contributed by atoms with Crippen molar-refractivity contribution in [3.63, 3.8) is 0 Å². The Morgan fingerprint density at radius 3 is 2.22 bits per heavy atom. The number of rotatable bonds is 4. The van der Waals surface area contributed by atoms with E-state index in [1.807, 2.05) is 0 Å². The number of hydrogen-bond acceptors (Lipinski definition) is 1. The van der Waals surface area contributed by atoms with E-state index < -0.39 is 0 Å². The summed E-state index contributed by atoms with van der Waals surface area (Å²) < 4.78 is 5.81. The second-order valence-electron chi connectivity index (χ2n) is 7.82. The van der Waals surface area contributed by atoms with Gasteiger partial charge in [-0.3, -0.25) is 0 Å². The normalized spacial score (nSPS) is 31.4. The van der Waals surface area contributed by atoms with Gasteiger partial charge in [-0.05, 0) is 55.6 Å². The molecular weight excluding hydrogens is 452 g/mol. The van der Waals surface area contributed by atoms with Crippen LogP contribution in [-0.4, -0.2) is 12.7 Å². The minimum atomic E-state index is 0. The average molecular weight is 484 g/mol. The van der Waals surface area contributed by atoms with Gasteiger partial charge < -0.3 is 4.74 Å². The second-order valence-corrected chi connectivity index (χ2v) is 7.82. The van der Waals surface area contributed by atoms with Gasteiger partial charge in [0.05, 0.1) is 12.7 Å². The third-order valence-corrected chi connectivity index (χ3v) is 5.93. The van der Waals surface area contributed by atoms with Crippen molar-refractivity contribution < 1.29 is 25.8 Å². The molecule has 1 aromatic rings. The van der Waals surface area contributed by atoms with Crippen molar-refractivity contribution >= 4 is 0 Å². The standard InChI is InChI=1S/C21H32O.W/c1-16-3-6-18(7-4-16)8-9-19-10-13-20(14-11-19)21-12-5-17(2)22-15-21;/h10-11,13-14,16-18,21H,3-9,12,15H2,1-2H3;. The minimum Gasteiger partial charge on any atom is -0.378 e. The average Bonchev–Trinajstić information content (AvgIpc) is 2.56. The molecule has 2 unspecified atom stereocenters. The van der Waals surface area contributed by atoms with Crippen molar-refractivity contribution in [1.82, 2.24) is 0 Å². The van der Waals surface area contributed by atoms with E-state index in [1.165, 1.54) is 62.5 Å². The van der Waals surface area contributed by atoms with E-state index in [9.17, 15) is 0 Å². The third-order valence-electron chi connectivity index (χ3n) is 5.93. The van der Waals surface area contributed by atoms with Crippen LogP contribution in [-0.2, 0) is 32.2 Å². The molecule has 0 spiro atoms. The predicted octanol–water partition coefficient (Wildman–Crippen LogP) is 5.73. The monoisotopic (exact) mass is 484 g/mol. The van der Waals surface area contributed by atoms with E-state index in [2.05, 4.69) is 38.1 Å². The molecule has 0 bridgehead atoms. The van der Waals surface area contributed by atoms with Gasteiger partial charge in [0.25, 0.3) is 0 Å². The molecule has 1 aliphatic heterocycles. The van der Waals surface area contributed by atoms with E-state index in [1.54, 1.807) is 0 Å². The zero-order valence-electron chi connectivity index (χ0n) is 14.8. The summed E-state index contributed by atoms with van der Waals surface area (Å²) in [6, 6.07) is 9.42. The Balaban J connectivity index is 0.00000192. The molecule has 0 aromatic heterocycles. The fourth-order valence-electron chi connectivity index (χ4n) is 4.09. The predicted molar refractivity (Wildman–Crippen MR) is 93.3 cm³/mol. The Morgan fingerprint density at radius 2 is 1.61 bits per heavy atom. The fourth-order valence-corrected chi connectivity index (χ4v) is 4.09. The molecule has 1 saturated heterocycles. The van der Waals surface area contributed by atoms with E-state index in [-0.39, 0.29) is 21.1 Å². The smallest absolute Gasteiger partial charge is 0.0547 e. The number of benzene rings is 1. The van der Waals surface area contributed by atoms with Gasteiger partial charge >= 0.3 is 0 Å². The van der Waals surface area contributed by atoms with Crippen molar-refractivity contribution in [2.75, 3.05) is 6.61 Å². The molecule has 128 valence electrons. The van der Waals surface area contributed by atoms with Crippen LogP contribution in [0.25, 0.3) is 0 Å². The maximum Gasteiger partial charge on any atom is 0.0547 e. The van der Waals surface area contributed by atoms with Crippen molar-refractivity contribution in [2.45, 2.75) is 77.2 Å². The molecule has 1 nitrogen and oxygen atoms in total. The Bertz CT molecular complexity index is 439. The van der Waals surface area contributed by atoms with Crippen LogP contribution < -0.4 is 0 Å². The second kappa shape index (κ2) is 9.38. The van der Waals surface area contributed by atoms with Crippen LogP contribution in [0, 0.1) is 11.8 Å². The zero-order chi connectivity index (χ0) is 15.4. The largest absolute Gasteiger partial charge is 0.378 e. The van der Waals surface area contributed by atoms with Gasteiger partial charge in [0.15, 0.2) is 0 Å². The maximum atomic E-state index is 5.81. The van der Waals surface area contributed by atoms with Crippen LogP contribution in [0.2, 0.25) is 0 Å². The van der Waals surface area contributed by atoms with Crippen LogP contribution in [0.4, 0.5) is 0 Å². The first-order chi connectivity index (χ1) is 10.7. The van der Waals surface area contributed by atoms with Crippen molar-refractivity contribution in [1.29, 1.82) is 0 Å². The van der Waals surface area contributed by atoms with E-state index in [0.717, 1.165) is 18.4 Å². The molecule has 2 fully saturated rings. The summed E-state index contributed by atoms with van der Waals surface area (Å²) in [6.45, 7) is 5.50. The first kappa shape index (κ1) is 19.2. The van der Waals surface area contributed by atoms with E-state index in [4.69, 9.17) is 4.74 Å². The molecule has 2 aliphatic rings. The van der Waals surface area contributed by atoms with E-state index in [0.29, 0.717) is 12.0 Å². The Labute approximate surface area is 156 Å². The van der Waals surface area contributed by atoms with Crippen LogP contribution >= 0.6 is 0 Å². The van der Waals surface area contributed by atoms with Gasteiger partial charge in [-0.25, -0.2) is 0 Å². The third kappa shape index (κ3) is 5.71. The van der Waals surface area contributed by atoms with Crippen LogP contribution in [0.15, 0.2) is 24.3 Å². The molecule has 0 amide bonds. The molecule has 23 heavy (non-hydrogen) atoms. The summed E-state index contributed by atoms with van der Waals surface area (Å²) in [5.74, 6) is 2.56. The molecule has 2 heteroatoms. The molecule has 0 radical (unpaired) electrons. The molecule has 1 aromatic carbocycles. The molecule has 1 heterocycles. The topological polar surface area (TPSA) is 9.23 Å². The fraction of sp³-hybridized carbons (Fsp3) is 0.714. The van der Waals surface area contributed by atoms with Gasteiger partial charge in [0.2, 0.25) is 0 Å². The Hall–Kier alpha value is -0.132. The molecule has 2 atom stereocenters. The Kier molecular flexibility index (Phi) is 7.83. The van der Waals surface area contributed by atoms with Gasteiger partial charge in [-0.2, -0.15) is 0 Å². The van der Waals surface area contributed by atoms with Gasteiger partial charge in [-0.15, -0.1) is 0 Å². The molecule has 1 saturated carbocycles. The van der Waals surface area contributed by atoms with Gasteiger partial charge in [0, 0.05) is 27.0 Å². The molecule has 1 aliphatic carbocycles. The number of ether oxygens (including phenoxy) is 1. The molecular formula is C21H32OW. The Morgan fingerprint density at radius 1 is 0.913 bits per heavy atom. The number of hydrogen-bond donors (Lipinski definition) is 0. The summed E-state index contributed by atoms with van der Waals surface area (Å²) in [6.07, 6.45) is 11.4. The van der Waals surface area contributed by atoms with Crippen LogP contribution in [0.1, 0.15) is 75.8 Å². The summed E-state index contributed by atoms with van der Waals surface area (Å²) in [5, 5.41) is 0. The summed E-state index contributed by atoms with van der Waals surface area (Å²) in [5.41, 5.74) is 3.00. The van der Waals surface area contributed by atoms with Gasteiger partial charge in [0.1, 0.15) is 0 Å². The van der Waals surface area contributed by atoms with Crippen LogP contribution in [0.5, 0.6) is 0 Å². The quantitative estimate of drug-likeness (QED) is 0.531. The molecule has 3 rings (SSSR count). The summed E-state index contributed by atoms with van der Waals surface area (Å²) in [7, 11) is 0. The first-order valence-corrected chi connectivity index (χ1v) is 9.41. The van der Waals surface area contributed by atoms with Crippen molar-refractivity contribution in [2.24, 2.45) is 11.8 Å². The van der Waals surface area contributed by atoms with Crippen molar-refractivity contribution in [3.8, 4) is 0 Å². The minimum absolute atomic E-state index is 0. The van der Waals surface area contributed by atoms with E-state index >= 15 is 0 Å². The van der Waals surface area contributed by atoms with Crippen LogP contribution in [0.3, 0.4) is 0 Å². The first-order valence-electron chi connectivity index (χ1n) is 9.41. The maximum absolute atomic E-state index is 5.81. The summed E-state index contributed by atoms with van der Waals surface area (Å²) >= 11 is 0. The zero-order valence-corrected chi connectivity index (χ0v) is 17.7.